The van der Waals surface area contributed by atoms with Gasteiger partial charge in [-0.2, -0.15) is 17.0 Å². The van der Waals surface area contributed by atoms with Crippen LogP contribution in [0.15, 0.2) is 24.3 Å². The number of piperazine rings is 1. The van der Waals surface area contributed by atoms with Crippen LogP contribution in [-0.2, 0) is 23.2 Å². The molecular weight excluding hydrogens is 310 g/mol. The summed E-state index contributed by atoms with van der Waals surface area (Å²) in [7, 11) is -3.35. The van der Waals surface area contributed by atoms with Crippen LogP contribution in [0.25, 0.3) is 0 Å². The van der Waals surface area contributed by atoms with Crippen molar-refractivity contribution >= 4 is 22.6 Å². The Morgan fingerprint density at radius 1 is 1.19 bits per heavy atom. The van der Waals surface area contributed by atoms with Gasteiger partial charge >= 0.3 is 0 Å². The Bertz CT molecular complexity index is 594. The van der Waals surface area contributed by atoms with Gasteiger partial charge in [-0.25, -0.2) is 0 Å². The zero-order chi connectivity index (χ0) is 14.2. The Hall–Kier alpha value is -0.660. The Labute approximate surface area is 132 Å². The summed E-state index contributed by atoms with van der Waals surface area (Å²) in [6.45, 7) is 5.05. The molecule has 1 saturated heterocycles. The van der Waals surface area contributed by atoms with Gasteiger partial charge in [-0.15, -0.1) is 12.4 Å². The van der Waals surface area contributed by atoms with Gasteiger partial charge in [0, 0.05) is 38.8 Å². The molecule has 2 aliphatic rings. The van der Waals surface area contributed by atoms with Gasteiger partial charge in [-0.1, -0.05) is 24.3 Å². The highest BCUT2D eigenvalue weighted by Crippen LogP contribution is 2.23. The van der Waals surface area contributed by atoms with Gasteiger partial charge in [0.2, 0.25) is 0 Å². The third-order valence-electron chi connectivity index (χ3n) is 4.16. The molecule has 2 aliphatic heterocycles. The molecule has 1 N–H and O–H groups in total. The highest BCUT2D eigenvalue weighted by molar-refractivity contribution is 7.86. The zero-order valence-corrected chi connectivity index (χ0v) is 13.8. The fraction of sp³-hybridized carbons (Fsp3) is 0.571. The first-order valence-corrected chi connectivity index (χ1v) is 8.53. The normalized spacial score (nSPS) is 24.1. The lowest BCUT2D eigenvalue weighted by Gasteiger charge is -2.38. The molecule has 1 aromatic carbocycles. The number of fused-ring (bicyclic) bond motifs is 1. The smallest absolute Gasteiger partial charge is 0.282 e. The second-order valence-corrected chi connectivity index (χ2v) is 7.40. The Morgan fingerprint density at radius 3 is 2.62 bits per heavy atom. The van der Waals surface area contributed by atoms with Crippen LogP contribution in [0.2, 0.25) is 0 Å². The molecule has 21 heavy (non-hydrogen) atoms. The maximum Gasteiger partial charge on any atom is 0.282 e. The average Bonchev–Trinajstić information content (AvgIpc) is 2.47. The highest BCUT2D eigenvalue weighted by atomic mass is 35.5. The summed E-state index contributed by atoms with van der Waals surface area (Å²) in [4.78, 5) is 0. The first-order chi connectivity index (χ1) is 9.59. The maximum atomic E-state index is 12.8. The number of halogens is 1. The molecule has 118 valence electrons. The lowest BCUT2D eigenvalue weighted by molar-refractivity contribution is 0.252. The summed E-state index contributed by atoms with van der Waals surface area (Å²) in [5.74, 6) is 0. The van der Waals surface area contributed by atoms with Crippen LogP contribution in [0.4, 0.5) is 0 Å². The van der Waals surface area contributed by atoms with E-state index in [9.17, 15) is 8.42 Å². The molecule has 7 heteroatoms. The van der Waals surface area contributed by atoms with Crippen molar-refractivity contribution in [2.24, 2.45) is 0 Å². The number of nitrogens with one attached hydrogen (secondary N) is 1. The fourth-order valence-corrected chi connectivity index (χ4v) is 4.75. The van der Waals surface area contributed by atoms with Crippen LogP contribution in [0.3, 0.4) is 0 Å². The molecule has 1 fully saturated rings. The van der Waals surface area contributed by atoms with E-state index in [1.807, 2.05) is 25.1 Å². The Kier molecular flexibility index (Phi) is 5.27. The Balaban J connectivity index is 0.00000161. The van der Waals surface area contributed by atoms with Crippen molar-refractivity contribution in [1.29, 1.82) is 0 Å². The molecule has 0 unspecified atom stereocenters. The summed E-state index contributed by atoms with van der Waals surface area (Å²) in [6.07, 6.45) is 0.801. The lowest BCUT2D eigenvalue weighted by atomic mass is 10.0. The standard InChI is InChI=1S/C14H21N3O2S.ClH/c1-12-10-15-7-9-17(12)20(18,19)16-8-6-13-4-2-3-5-14(13)11-16;/h2-5,12,15H,6-11H2,1H3;1H/t12-;/m0./s1. The largest absolute Gasteiger partial charge is 0.314 e. The predicted octanol–water partition coefficient (Wildman–Crippen LogP) is 1.01. The number of benzene rings is 1. The van der Waals surface area contributed by atoms with Gasteiger partial charge in [-0.3, -0.25) is 0 Å². The lowest BCUT2D eigenvalue weighted by Crippen LogP contribution is -2.56. The summed E-state index contributed by atoms with van der Waals surface area (Å²) < 4.78 is 28.8. The highest BCUT2D eigenvalue weighted by Gasteiger charge is 2.35. The second-order valence-electron chi connectivity index (χ2n) is 5.52. The van der Waals surface area contributed by atoms with E-state index < -0.39 is 10.2 Å². The summed E-state index contributed by atoms with van der Waals surface area (Å²) in [5.41, 5.74) is 2.40. The quantitative estimate of drug-likeness (QED) is 0.880. The molecule has 2 heterocycles. The average molecular weight is 332 g/mol. The van der Waals surface area contributed by atoms with Crippen molar-refractivity contribution in [3.05, 3.63) is 35.4 Å². The van der Waals surface area contributed by atoms with E-state index >= 15 is 0 Å². The van der Waals surface area contributed by atoms with Crippen LogP contribution in [0, 0.1) is 0 Å². The minimum atomic E-state index is -3.35. The fourth-order valence-electron chi connectivity index (χ4n) is 2.98. The third-order valence-corrected chi connectivity index (χ3v) is 6.26. The van der Waals surface area contributed by atoms with E-state index in [0.29, 0.717) is 19.6 Å². The van der Waals surface area contributed by atoms with E-state index in [1.165, 1.54) is 5.56 Å². The number of nitrogens with zero attached hydrogens (tertiary/aromatic N) is 2. The number of rotatable bonds is 2. The van der Waals surface area contributed by atoms with E-state index in [1.54, 1.807) is 8.61 Å². The molecule has 3 rings (SSSR count). The molecule has 1 aromatic rings. The minimum absolute atomic E-state index is 0. The molecule has 0 aromatic heterocycles. The molecule has 0 amide bonds. The number of hydrogen-bond donors (Lipinski definition) is 1. The summed E-state index contributed by atoms with van der Waals surface area (Å²) in [5, 5.41) is 3.23. The van der Waals surface area contributed by atoms with Crippen LogP contribution in [0.5, 0.6) is 0 Å². The molecule has 0 saturated carbocycles. The van der Waals surface area contributed by atoms with Gasteiger partial charge in [-0.05, 0) is 24.5 Å². The maximum absolute atomic E-state index is 12.8. The predicted molar refractivity (Wildman–Crippen MR) is 85.8 cm³/mol. The molecular formula is C14H22ClN3O2S. The topological polar surface area (TPSA) is 52.7 Å². The van der Waals surface area contributed by atoms with Gasteiger partial charge in [0.25, 0.3) is 10.2 Å². The van der Waals surface area contributed by atoms with Crippen molar-refractivity contribution in [3.8, 4) is 0 Å². The van der Waals surface area contributed by atoms with Gasteiger partial charge in [0.15, 0.2) is 0 Å². The molecule has 0 aliphatic carbocycles. The van der Waals surface area contributed by atoms with Crippen molar-refractivity contribution in [1.82, 2.24) is 13.9 Å². The van der Waals surface area contributed by atoms with E-state index in [2.05, 4.69) is 11.4 Å². The van der Waals surface area contributed by atoms with Crippen molar-refractivity contribution < 1.29 is 8.42 Å². The SMILES string of the molecule is C[C@H]1CNCCN1S(=O)(=O)N1CCc2ccccc2C1.Cl. The van der Waals surface area contributed by atoms with E-state index in [-0.39, 0.29) is 18.4 Å². The van der Waals surface area contributed by atoms with Crippen molar-refractivity contribution in [2.75, 3.05) is 26.2 Å². The van der Waals surface area contributed by atoms with Crippen LogP contribution in [0.1, 0.15) is 18.1 Å². The van der Waals surface area contributed by atoms with Gasteiger partial charge in [0.1, 0.15) is 0 Å². The first kappa shape index (κ1) is 16.7. The third kappa shape index (κ3) is 3.24. The van der Waals surface area contributed by atoms with Crippen molar-refractivity contribution in [3.63, 3.8) is 0 Å². The molecule has 5 nitrogen and oxygen atoms in total. The monoisotopic (exact) mass is 331 g/mol. The van der Waals surface area contributed by atoms with Crippen LogP contribution < -0.4 is 5.32 Å². The van der Waals surface area contributed by atoms with Crippen LogP contribution >= 0.6 is 12.4 Å². The minimum Gasteiger partial charge on any atom is -0.314 e. The molecule has 0 radical (unpaired) electrons. The number of hydrogen-bond acceptors (Lipinski definition) is 3. The first-order valence-electron chi connectivity index (χ1n) is 7.13. The van der Waals surface area contributed by atoms with Crippen molar-refractivity contribution in [2.45, 2.75) is 25.9 Å². The van der Waals surface area contributed by atoms with Gasteiger partial charge < -0.3 is 5.32 Å². The summed E-state index contributed by atoms with van der Waals surface area (Å²) >= 11 is 0. The molecule has 0 bridgehead atoms. The Morgan fingerprint density at radius 2 is 1.90 bits per heavy atom. The van der Waals surface area contributed by atoms with Gasteiger partial charge in [0.05, 0.1) is 0 Å². The molecule has 1 atom stereocenters. The van der Waals surface area contributed by atoms with Crippen LogP contribution in [-0.4, -0.2) is 49.2 Å². The van der Waals surface area contributed by atoms with E-state index in [0.717, 1.165) is 25.1 Å². The second kappa shape index (κ2) is 6.62. The van der Waals surface area contributed by atoms with E-state index in [4.69, 9.17) is 0 Å². The zero-order valence-electron chi connectivity index (χ0n) is 12.2. The summed E-state index contributed by atoms with van der Waals surface area (Å²) in [6, 6.07) is 8.13. The molecule has 0 spiro atoms.